The van der Waals surface area contributed by atoms with Crippen molar-refractivity contribution in [1.29, 1.82) is 0 Å². The molecule has 0 unspecified atom stereocenters. The van der Waals surface area contributed by atoms with E-state index in [1.807, 2.05) is 0 Å². The lowest BCUT2D eigenvalue weighted by atomic mass is 10.1. The molecule has 0 aliphatic rings. The molecule has 0 saturated heterocycles. The molecule has 144 valence electrons. The van der Waals surface area contributed by atoms with Crippen LogP contribution >= 0.6 is 11.8 Å². The minimum atomic E-state index is -0.679. The molecule has 0 radical (unpaired) electrons. The molecular weight excluding hydrogens is 370 g/mol. The van der Waals surface area contributed by atoms with Crippen LogP contribution in [-0.4, -0.2) is 35.6 Å². The molecule has 0 fully saturated rings. The van der Waals surface area contributed by atoms with Crippen LogP contribution in [0.15, 0.2) is 48.5 Å². The number of carbonyl (C=O) groups excluding carboxylic acids is 2. The maximum Gasteiger partial charge on any atom is 0.242 e. The van der Waals surface area contributed by atoms with Crippen LogP contribution in [0.25, 0.3) is 0 Å². The van der Waals surface area contributed by atoms with E-state index >= 15 is 0 Å². The second kappa shape index (κ2) is 10.1. The van der Waals surface area contributed by atoms with Gasteiger partial charge in [0, 0.05) is 19.3 Å². The van der Waals surface area contributed by atoms with Gasteiger partial charge in [-0.2, -0.15) is 0 Å². The number of hydrogen-bond donors (Lipinski definition) is 1. The van der Waals surface area contributed by atoms with Gasteiger partial charge < -0.3 is 10.2 Å². The van der Waals surface area contributed by atoms with E-state index in [0.717, 1.165) is 5.56 Å². The molecule has 2 amide bonds. The first-order valence-electron chi connectivity index (χ1n) is 8.49. The maximum absolute atomic E-state index is 13.7. The van der Waals surface area contributed by atoms with E-state index in [1.54, 1.807) is 37.3 Å². The van der Waals surface area contributed by atoms with E-state index in [0.29, 0.717) is 11.3 Å². The Labute approximate surface area is 161 Å². The molecule has 2 aromatic rings. The van der Waals surface area contributed by atoms with Crippen LogP contribution in [0.4, 0.5) is 8.78 Å². The van der Waals surface area contributed by atoms with E-state index in [4.69, 9.17) is 0 Å². The van der Waals surface area contributed by atoms with Crippen molar-refractivity contribution in [3.63, 3.8) is 0 Å². The first-order chi connectivity index (χ1) is 12.9. The zero-order valence-electron chi connectivity index (χ0n) is 15.2. The number of nitrogens with zero attached hydrogens (tertiary/aromatic N) is 1. The van der Waals surface area contributed by atoms with Gasteiger partial charge in [0.25, 0.3) is 0 Å². The third kappa shape index (κ3) is 6.06. The Balaban J connectivity index is 2.04. The van der Waals surface area contributed by atoms with Gasteiger partial charge in [-0.05, 0) is 36.2 Å². The Morgan fingerprint density at radius 2 is 1.78 bits per heavy atom. The first kappa shape index (κ1) is 20.9. The van der Waals surface area contributed by atoms with Crippen molar-refractivity contribution in [1.82, 2.24) is 10.2 Å². The predicted molar refractivity (Wildman–Crippen MR) is 103 cm³/mol. The number of likely N-dealkylation sites (N-methyl/N-ethyl adjacent to an activating group) is 1. The molecule has 0 saturated carbocycles. The monoisotopic (exact) mass is 392 g/mol. The Hall–Kier alpha value is -2.41. The Bertz CT molecular complexity index is 784. The highest BCUT2D eigenvalue weighted by Crippen LogP contribution is 2.18. The minimum absolute atomic E-state index is 0.108. The number of thioether (sulfide) groups is 1. The third-order valence-electron chi connectivity index (χ3n) is 4.12. The summed E-state index contributed by atoms with van der Waals surface area (Å²) in [6, 6.07) is 11.5. The summed E-state index contributed by atoms with van der Waals surface area (Å²) in [4.78, 5) is 26.2. The van der Waals surface area contributed by atoms with Gasteiger partial charge in [-0.3, -0.25) is 9.59 Å². The molecule has 0 heterocycles. The SMILES string of the molecule is CNC(=O)[C@@H](C)N(Cc1ccc(F)cc1)C(=O)CSCc1ccccc1F. The summed E-state index contributed by atoms with van der Waals surface area (Å²) >= 11 is 1.28. The summed E-state index contributed by atoms with van der Waals surface area (Å²) in [5.74, 6) is -0.731. The fourth-order valence-corrected chi connectivity index (χ4v) is 3.42. The molecule has 1 atom stereocenters. The number of halogens is 2. The molecule has 0 bridgehead atoms. The molecule has 1 N–H and O–H groups in total. The highest BCUT2D eigenvalue weighted by molar-refractivity contribution is 7.99. The maximum atomic E-state index is 13.7. The van der Waals surface area contributed by atoms with E-state index in [9.17, 15) is 18.4 Å². The van der Waals surface area contributed by atoms with Crippen molar-refractivity contribution < 1.29 is 18.4 Å². The van der Waals surface area contributed by atoms with Gasteiger partial charge in [0.2, 0.25) is 11.8 Å². The highest BCUT2D eigenvalue weighted by atomic mass is 32.2. The zero-order valence-corrected chi connectivity index (χ0v) is 16.1. The van der Waals surface area contributed by atoms with Crippen LogP contribution in [-0.2, 0) is 21.9 Å². The molecule has 0 aliphatic heterocycles. The number of hydrogen-bond acceptors (Lipinski definition) is 3. The predicted octanol–water partition coefficient (Wildman–Crippen LogP) is 3.36. The van der Waals surface area contributed by atoms with Gasteiger partial charge in [0.05, 0.1) is 5.75 Å². The van der Waals surface area contributed by atoms with Crippen LogP contribution in [0.2, 0.25) is 0 Å². The quantitative estimate of drug-likeness (QED) is 0.750. The molecule has 7 heteroatoms. The lowest BCUT2D eigenvalue weighted by Crippen LogP contribution is -2.47. The minimum Gasteiger partial charge on any atom is -0.357 e. The fourth-order valence-electron chi connectivity index (χ4n) is 2.52. The normalized spacial score (nSPS) is 11.7. The fraction of sp³-hybridized carbons (Fsp3) is 0.300. The van der Waals surface area contributed by atoms with Gasteiger partial charge in [-0.25, -0.2) is 8.78 Å². The molecule has 2 rings (SSSR count). The van der Waals surface area contributed by atoms with Gasteiger partial charge in [-0.15, -0.1) is 11.8 Å². The Morgan fingerprint density at radius 3 is 2.41 bits per heavy atom. The van der Waals surface area contributed by atoms with Gasteiger partial charge >= 0.3 is 0 Å². The van der Waals surface area contributed by atoms with E-state index < -0.39 is 6.04 Å². The lowest BCUT2D eigenvalue weighted by molar-refractivity contribution is -0.138. The number of nitrogens with one attached hydrogen (secondary N) is 1. The van der Waals surface area contributed by atoms with Gasteiger partial charge in [0.15, 0.2) is 0 Å². The average Bonchev–Trinajstić information content (AvgIpc) is 2.67. The summed E-state index contributed by atoms with van der Waals surface area (Å²) in [5, 5.41) is 2.54. The van der Waals surface area contributed by atoms with Gasteiger partial charge in [0.1, 0.15) is 17.7 Å². The standard InChI is InChI=1S/C20H22F2N2O2S/c1-14(20(26)23-2)24(11-15-7-9-17(21)10-8-15)19(25)13-27-12-16-5-3-4-6-18(16)22/h3-10,14H,11-13H2,1-2H3,(H,23,26)/t14-/m1/s1. The molecule has 0 aliphatic carbocycles. The molecule has 4 nitrogen and oxygen atoms in total. The largest absolute Gasteiger partial charge is 0.357 e. The number of amides is 2. The average molecular weight is 392 g/mol. The van der Waals surface area contributed by atoms with E-state index in [1.165, 1.54) is 41.9 Å². The second-order valence-corrected chi connectivity index (χ2v) is 7.01. The first-order valence-corrected chi connectivity index (χ1v) is 9.64. The molecule has 27 heavy (non-hydrogen) atoms. The summed E-state index contributed by atoms with van der Waals surface area (Å²) in [6.45, 7) is 1.83. The highest BCUT2D eigenvalue weighted by Gasteiger charge is 2.25. The molecular formula is C20H22F2N2O2S. The lowest BCUT2D eigenvalue weighted by Gasteiger charge is -2.28. The zero-order chi connectivity index (χ0) is 19.8. The number of benzene rings is 2. The van der Waals surface area contributed by atoms with Crippen molar-refractivity contribution in [2.24, 2.45) is 0 Å². The van der Waals surface area contributed by atoms with Crippen LogP contribution in [0, 0.1) is 11.6 Å². The van der Waals surface area contributed by atoms with Crippen molar-refractivity contribution >= 4 is 23.6 Å². The number of rotatable bonds is 8. The molecule has 0 spiro atoms. The van der Waals surface area contributed by atoms with Crippen LogP contribution in [0.5, 0.6) is 0 Å². The van der Waals surface area contributed by atoms with Crippen molar-refractivity contribution in [2.75, 3.05) is 12.8 Å². The number of carbonyl (C=O) groups is 2. The van der Waals surface area contributed by atoms with Gasteiger partial charge in [-0.1, -0.05) is 30.3 Å². The van der Waals surface area contributed by atoms with Crippen molar-refractivity contribution in [2.45, 2.75) is 25.3 Å². The topological polar surface area (TPSA) is 49.4 Å². The van der Waals surface area contributed by atoms with E-state index in [2.05, 4.69) is 5.32 Å². The second-order valence-electron chi connectivity index (χ2n) is 6.02. The molecule has 2 aromatic carbocycles. The Kier molecular flexibility index (Phi) is 7.79. The van der Waals surface area contributed by atoms with Crippen molar-refractivity contribution in [3.05, 3.63) is 71.3 Å². The Morgan fingerprint density at radius 1 is 1.11 bits per heavy atom. The van der Waals surface area contributed by atoms with Crippen LogP contribution in [0.1, 0.15) is 18.1 Å². The summed E-state index contributed by atoms with van der Waals surface area (Å²) in [5.41, 5.74) is 1.25. The molecule has 0 aromatic heterocycles. The third-order valence-corrected chi connectivity index (χ3v) is 5.09. The summed E-state index contributed by atoms with van der Waals surface area (Å²) < 4.78 is 26.8. The van der Waals surface area contributed by atoms with Crippen LogP contribution in [0.3, 0.4) is 0 Å². The van der Waals surface area contributed by atoms with E-state index in [-0.39, 0.29) is 35.7 Å². The van der Waals surface area contributed by atoms with Crippen molar-refractivity contribution in [3.8, 4) is 0 Å². The smallest absolute Gasteiger partial charge is 0.242 e. The summed E-state index contributed by atoms with van der Waals surface area (Å²) in [6.07, 6.45) is 0. The van der Waals surface area contributed by atoms with Crippen LogP contribution < -0.4 is 5.32 Å². The summed E-state index contributed by atoms with van der Waals surface area (Å²) in [7, 11) is 1.51.